The van der Waals surface area contributed by atoms with Crippen LogP contribution in [-0.2, 0) is 0 Å². The van der Waals surface area contributed by atoms with E-state index in [0.29, 0.717) is 11.0 Å². The lowest BCUT2D eigenvalue weighted by Gasteiger charge is -2.19. The fourth-order valence-electron chi connectivity index (χ4n) is 1.81. The first-order valence-corrected chi connectivity index (χ1v) is 6.67. The van der Waals surface area contributed by atoms with Gasteiger partial charge >= 0.3 is 6.18 Å². The summed E-state index contributed by atoms with van der Waals surface area (Å²) in [5.41, 5.74) is 0.785. The van der Waals surface area contributed by atoms with Gasteiger partial charge in [0.25, 0.3) is 0 Å². The van der Waals surface area contributed by atoms with Crippen LogP contribution in [0.2, 0.25) is 0 Å². The third kappa shape index (κ3) is 3.61. The van der Waals surface area contributed by atoms with E-state index < -0.39 is 12.3 Å². The standard InChI is InChI=1S/C13H12BrF3N2O/c14-8-3-4-10(12(20)13(15,16)17)11(6-8)19-7-9-2-1-5-18-9/h2-6,12,19-20H,1,7H2. The molecule has 1 aromatic carbocycles. The van der Waals surface area contributed by atoms with Crippen LogP contribution in [0.3, 0.4) is 0 Å². The minimum Gasteiger partial charge on any atom is -0.379 e. The molecule has 108 valence electrons. The number of aliphatic imine (C=N–C) groups is 1. The summed E-state index contributed by atoms with van der Waals surface area (Å²) in [4.78, 5) is 4.07. The predicted octanol–water partition coefficient (Wildman–Crippen LogP) is 3.82. The highest BCUT2D eigenvalue weighted by molar-refractivity contribution is 9.10. The summed E-state index contributed by atoms with van der Waals surface area (Å²) in [5.74, 6) is 0. The van der Waals surface area contributed by atoms with Gasteiger partial charge in [0.2, 0.25) is 0 Å². The van der Waals surface area contributed by atoms with Crippen molar-refractivity contribution in [2.24, 2.45) is 4.99 Å². The molecule has 2 N–H and O–H groups in total. The largest absolute Gasteiger partial charge is 0.418 e. The van der Waals surface area contributed by atoms with Crippen molar-refractivity contribution in [1.82, 2.24) is 0 Å². The molecule has 2 rings (SSSR count). The molecule has 1 aromatic rings. The molecule has 1 aliphatic rings. The fourth-order valence-corrected chi connectivity index (χ4v) is 2.17. The van der Waals surface area contributed by atoms with Gasteiger partial charge in [0.15, 0.2) is 6.10 Å². The Balaban J connectivity index is 2.21. The molecule has 20 heavy (non-hydrogen) atoms. The van der Waals surface area contributed by atoms with Gasteiger partial charge in [-0.25, -0.2) is 0 Å². The first kappa shape index (κ1) is 15.1. The average molecular weight is 349 g/mol. The Morgan fingerprint density at radius 2 is 2.15 bits per heavy atom. The number of rotatable bonds is 4. The summed E-state index contributed by atoms with van der Waals surface area (Å²) >= 11 is 3.20. The molecule has 1 aliphatic heterocycles. The van der Waals surface area contributed by atoms with E-state index in [0.717, 1.165) is 12.1 Å². The number of hydrogen-bond acceptors (Lipinski definition) is 3. The minimum absolute atomic E-state index is 0.205. The molecule has 7 heteroatoms. The zero-order valence-corrected chi connectivity index (χ0v) is 11.9. The van der Waals surface area contributed by atoms with Gasteiger partial charge in [0.1, 0.15) is 0 Å². The molecule has 1 unspecified atom stereocenters. The highest BCUT2D eigenvalue weighted by Gasteiger charge is 2.40. The van der Waals surface area contributed by atoms with Crippen LogP contribution in [0.4, 0.5) is 18.9 Å². The van der Waals surface area contributed by atoms with Gasteiger partial charge in [0, 0.05) is 28.4 Å². The molecule has 3 nitrogen and oxygen atoms in total. The van der Waals surface area contributed by atoms with Crippen LogP contribution in [0, 0.1) is 0 Å². The molecular formula is C13H12BrF3N2O. The van der Waals surface area contributed by atoms with Crippen LogP contribution in [-0.4, -0.2) is 24.0 Å². The second-order valence-corrected chi connectivity index (χ2v) is 5.19. The van der Waals surface area contributed by atoms with Gasteiger partial charge in [0.05, 0.1) is 12.2 Å². The van der Waals surface area contributed by atoms with Crippen LogP contribution in [0.25, 0.3) is 0 Å². The molecule has 0 saturated carbocycles. The topological polar surface area (TPSA) is 44.6 Å². The first-order valence-electron chi connectivity index (χ1n) is 5.87. The van der Waals surface area contributed by atoms with Crippen molar-refractivity contribution in [3.63, 3.8) is 0 Å². The Kier molecular flexibility index (Phi) is 4.49. The summed E-state index contributed by atoms with van der Waals surface area (Å²) < 4.78 is 38.5. The van der Waals surface area contributed by atoms with E-state index in [1.807, 2.05) is 6.08 Å². The van der Waals surface area contributed by atoms with E-state index in [4.69, 9.17) is 0 Å². The number of aliphatic hydroxyl groups excluding tert-OH is 1. The molecule has 0 spiro atoms. The summed E-state index contributed by atoms with van der Waals surface area (Å²) in [6.45, 7) is 0.310. The maximum absolute atomic E-state index is 12.6. The number of nitrogens with zero attached hydrogens (tertiary/aromatic N) is 1. The molecule has 0 radical (unpaired) electrons. The third-order valence-corrected chi connectivity index (χ3v) is 3.29. The smallest absolute Gasteiger partial charge is 0.379 e. The van der Waals surface area contributed by atoms with Crippen LogP contribution < -0.4 is 5.32 Å². The molecule has 1 atom stereocenters. The number of hydrogen-bond donors (Lipinski definition) is 2. The zero-order valence-electron chi connectivity index (χ0n) is 10.3. The van der Waals surface area contributed by atoms with Crippen LogP contribution in [0.1, 0.15) is 18.1 Å². The number of benzene rings is 1. The molecule has 0 amide bonds. The Morgan fingerprint density at radius 1 is 1.40 bits per heavy atom. The number of aliphatic hydroxyl groups is 1. The Hall–Kier alpha value is -1.34. The van der Waals surface area contributed by atoms with E-state index in [2.05, 4.69) is 26.2 Å². The van der Waals surface area contributed by atoms with Crippen molar-refractivity contribution in [2.45, 2.75) is 18.7 Å². The van der Waals surface area contributed by atoms with Crippen molar-refractivity contribution >= 4 is 27.8 Å². The zero-order chi connectivity index (χ0) is 14.8. The fraction of sp³-hybridized carbons (Fsp3) is 0.308. The molecule has 1 heterocycles. The quantitative estimate of drug-likeness (QED) is 0.868. The molecule has 0 bridgehead atoms. The summed E-state index contributed by atoms with van der Waals surface area (Å²) in [6.07, 6.45) is -2.88. The van der Waals surface area contributed by atoms with E-state index in [1.165, 1.54) is 18.2 Å². The third-order valence-electron chi connectivity index (χ3n) is 2.80. The number of anilines is 1. The summed E-state index contributed by atoms with van der Waals surface area (Å²) in [7, 11) is 0. The Labute approximate surface area is 122 Å². The van der Waals surface area contributed by atoms with E-state index in [1.54, 1.807) is 6.21 Å². The van der Waals surface area contributed by atoms with Crippen LogP contribution in [0.15, 0.2) is 39.4 Å². The maximum atomic E-state index is 12.6. The van der Waals surface area contributed by atoms with Gasteiger partial charge in [-0.3, -0.25) is 4.99 Å². The van der Waals surface area contributed by atoms with E-state index in [9.17, 15) is 18.3 Å². The first-order chi connectivity index (χ1) is 9.38. The molecular weight excluding hydrogens is 337 g/mol. The minimum atomic E-state index is -4.70. The Morgan fingerprint density at radius 3 is 2.75 bits per heavy atom. The lowest BCUT2D eigenvalue weighted by atomic mass is 10.1. The summed E-state index contributed by atoms with van der Waals surface area (Å²) in [6, 6.07) is 4.21. The number of alkyl halides is 3. The number of allylic oxidation sites excluding steroid dienone is 1. The highest BCUT2D eigenvalue weighted by atomic mass is 79.9. The van der Waals surface area contributed by atoms with Crippen LogP contribution in [0.5, 0.6) is 0 Å². The van der Waals surface area contributed by atoms with Crippen LogP contribution >= 0.6 is 15.9 Å². The van der Waals surface area contributed by atoms with E-state index >= 15 is 0 Å². The number of halogens is 4. The lowest BCUT2D eigenvalue weighted by Crippen LogP contribution is -2.21. The highest BCUT2D eigenvalue weighted by Crippen LogP contribution is 2.37. The summed E-state index contributed by atoms with van der Waals surface area (Å²) in [5, 5.41) is 12.3. The molecule has 0 aromatic heterocycles. The molecule has 0 fully saturated rings. The monoisotopic (exact) mass is 348 g/mol. The van der Waals surface area contributed by atoms with Gasteiger partial charge in [-0.05, 0) is 12.1 Å². The van der Waals surface area contributed by atoms with E-state index in [-0.39, 0.29) is 11.3 Å². The average Bonchev–Trinajstić information content (AvgIpc) is 2.87. The SMILES string of the molecule is OC(c1ccc(Br)cc1NCC1=CCC=N1)C(F)(F)F. The maximum Gasteiger partial charge on any atom is 0.418 e. The van der Waals surface area contributed by atoms with Gasteiger partial charge in [-0.15, -0.1) is 0 Å². The Bertz CT molecular complexity index is 555. The second kappa shape index (κ2) is 5.97. The van der Waals surface area contributed by atoms with Crippen molar-refractivity contribution in [3.8, 4) is 0 Å². The van der Waals surface area contributed by atoms with Gasteiger partial charge in [-0.1, -0.05) is 28.1 Å². The van der Waals surface area contributed by atoms with Crippen molar-refractivity contribution in [3.05, 3.63) is 40.0 Å². The van der Waals surface area contributed by atoms with Crippen molar-refractivity contribution in [2.75, 3.05) is 11.9 Å². The van der Waals surface area contributed by atoms with Crippen molar-refractivity contribution < 1.29 is 18.3 Å². The van der Waals surface area contributed by atoms with Crippen molar-refractivity contribution in [1.29, 1.82) is 0 Å². The molecule has 0 aliphatic carbocycles. The second-order valence-electron chi connectivity index (χ2n) is 4.27. The lowest BCUT2D eigenvalue weighted by molar-refractivity contribution is -0.206. The number of nitrogens with one attached hydrogen (secondary N) is 1. The molecule has 0 saturated heterocycles. The van der Waals surface area contributed by atoms with Gasteiger partial charge < -0.3 is 10.4 Å². The van der Waals surface area contributed by atoms with Gasteiger partial charge in [-0.2, -0.15) is 13.2 Å². The predicted molar refractivity (Wildman–Crippen MR) is 74.8 cm³/mol. The normalized spacial score (nSPS) is 16.1.